The van der Waals surface area contributed by atoms with Crippen molar-refractivity contribution in [1.82, 2.24) is 9.55 Å². The highest BCUT2D eigenvalue weighted by Gasteiger charge is 2.20. The SMILES string of the molecule is COCCn1c(SC(C)C(=O)Nc2cccc(C)c2)nc2cc(Cl)ccc21. The lowest BCUT2D eigenvalue weighted by atomic mass is 10.2. The Morgan fingerprint density at radius 1 is 1.33 bits per heavy atom. The molecule has 3 rings (SSSR count). The monoisotopic (exact) mass is 403 g/mol. The fourth-order valence-corrected chi connectivity index (χ4v) is 3.86. The van der Waals surface area contributed by atoms with Crippen LogP contribution in [-0.2, 0) is 16.1 Å². The third kappa shape index (κ3) is 4.83. The molecule has 1 atom stereocenters. The number of halogens is 1. The molecule has 0 aliphatic heterocycles. The van der Waals surface area contributed by atoms with Crippen LogP contribution < -0.4 is 5.32 Å². The molecule has 1 unspecified atom stereocenters. The number of anilines is 1. The summed E-state index contributed by atoms with van der Waals surface area (Å²) in [5, 5.41) is 4.07. The first-order valence-electron chi connectivity index (χ1n) is 8.67. The number of ether oxygens (including phenoxy) is 1. The van der Waals surface area contributed by atoms with Crippen LogP contribution in [0.2, 0.25) is 5.02 Å². The summed E-state index contributed by atoms with van der Waals surface area (Å²) < 4.78 is 7.29. The number of methoxy groups -OCH3 is 1. The van der Waals surface area contributed by atoms with E-state index in [4.69, 9.17) is 16.3 Å². The zero-order chi connectivity index (χ0) is 19.4. The second-order valence-corrected chi connectivity index (χ2v) is 8.04. The Balaban J connectivity index is 1.80. The molecule has 0 aliphatic carbocycles. The van der Waals surface area contributed by atoms with Crippen LogP contribution in [0.25, 0.3) is 11.0 Å². The number of nitrogens with zero attached hydrogens (tertiary/aromatic N) is 2. The molecule has 0 saturated carbocycles. The Morgan fingerprint density at radius 2 is 2.15 bits per heavy atom. The van der Waals surface area contributed by atoms with E-state index < -0.39 is 0 Å². The van der Waals surface area contributed by atoms with Gasteiger partial charge in [-0.05, 0) is 49.7 Å². The second-order valence-electron chi connectivity index (χ2n) is 6.29. The molecule has 1 N–H and O–H groups in total. The summed E-state index contributed by atoms with van der Waals surface area (Å²) in [5.41, 5.74) is 3.69. The van der Waals surface area contributed by atoms with Gasteiger partial charge in [-0.25, -0.2) is 4.98 Å². The van der Waals surface area contributed by atoms with Crippen molar-refractivity contribution in [3.63, 3.8) is 0 Å². The van der Waals surface area contributed by atoms with E-state index in [0.29, 0.717) is 18.2 Å². The summed E-state index contributed by atoms with van der Waals surface area (Å²) in [6.07, 6.45) is 0. The van der Waals surface area contributed by atoms with Gasteiger partial charge in [-0.1, -0.05) is 35.5 Å². The quantitative estimate of drug-likeness (QED) is 0.577. The van der Waals surface area contributed by atoms with Gasteiger partial charge in [0.25, 0.3) is 0 Å². The van der Waals surface area contributed by atoms with Crippen LogP contribution in [0.15, 0.2) is 47.6 Å². The van der Waals surface area contributed by atoms with E-state index in [1.54, 1.807) is 7.11 Å². The molecule has 5 nitrogen and oxygen atoms in total. The average molecular weight is 404 g/mol. The summed E-state index contributed by atoms with van der Waals surface area (Å²) in [7, 11) is 1.67. The number of nitrogens with one attached hydrogen (secondary N) is 1. The predicted octanol–water partition coefficient (Wildman–Crippen LogP) is 4.76. The van der Waals surface area contributed by atoms with E-state index in [0.717, 1.165) is 27.4 Å². The minimum atomic E-state index is -0.306. The second kappa shape index (κ2) is 8.78. The maximum atomic E-state index is 12.6. The maximum absolute atomic E-state index is 12.6. The Morgan fingerprint density at radius 3 is 2.89 bits per heavy atom. The number of fused-ring (bicyclic) bond motifs is 1. The van der Waals surface area contributed by atoms with Gasteiger partial charge in [0.2, 0.25) is 5.91 Å². The fraction of sp³-hybridized carbons (Fsp3) is 0.300. The van der Waals surface area contributed by atoms with Crippen LogP contribution in [0.5, 0.6) is 0 Å². The molecule has 0 radical (unpaired) electrons. The summed E-state index contributed by atoms with van der Waals surface area (Å²) in [6, 6.07) is 13.4. The number of carbonyl (C=O) groups excluding carboxylic acids is 1. The molecule has 0 aliphatic rings. The predicted molar refractivity (Wildman–Crippen MR) is 112 cm³/mol. The molecule has 0 bridgehead atoms. The van der Waals surface area contributed by atoms with Gasteiger partial charge >= 0.3 is 0 Å². The lowest BCUT2D eigenvalue weighted by Gasteiger charge is -2.13. The van der Waals surface area contributed by atoms with Crippen molar-refractivity contribution < 1.29 is 9.53 Å². The van der Waals surface area contributed by atoms with Gasteiger partial charge in [0.15, 0.2) is 5.16 Å². The summed E-state index contributed by atoms with van der Waals surface area (Å²) in [4.78, 5) is 17.3. The van der Waals surface area contributed by atoms with Gasteiger partial charge in [-0.2, -0.15) is 0 Å². The van der Waals surface area contributed by atoms with Crippen molar-refractivity contribution in [1.29, 1.82) is 0 Å². The van der Waals surface area contributed by atoms with Crippen LogP contribution >= 0.6 is 23.4 Å². The molecular formula is C20H22ClN3O2S. The Kier molecular flexibility index (Phi) is 6.42. The van der Waals surface area contributed by atoms with Crippen molar-refractivity contribution in [2.75, 3.05) is 19.0 Å². The van der Waals surface area contributed by atoms with Gasteiger partial charge in [0, 0.05) is 24.4 Å². The smallest absolute Gasteiger partial charge is 0.237 e. The lowest BCUT2D eigenvalue weighted by Crippen LogP contribution is -2.23. The van der Waals surface area contributed by atoms with E-state index in [1.165, 1.54) is 11.8 Å². The van der Waals surface area contributed by atoms with Gasteiger partial charge in [0.05, 0.1) is 22.9 Å². The van der Waals surface area contributed by atoms with Crippen LogP contribution in [0.1, 0.15) is 12.5 Å². The highest BCUT2D eigenvalue weighted by atomic mass is 35.5. The number of aryl methyl sites for hydroxylation is 1. The number of carbonyl (C=O) groups is 1. The van der Waals surface area contributed by atoms with E-state index >= 15 is 0 Å². The molecular weight excluding hydrogens is 382 g/mol. The van der Waals surface area contributed by atoms with Gasteiger partial charge in [-0.3, -0.25) is 4.79 Å². The summed E-state index contributed by atoms with van der Waals surface area (Å²) >= 11 is 7.52. The van der Waals surface area contributed by atoms with E-state index in [2.05, 4.69) is 14.9 Å². The first kappa shape index (κ1) is 19.7. The highest BCUT2D eigenvalue weighted by molar-refractivity contribution is 8.00. The zero-order valence-electron chi connectivity index (χ0n) is 15.5. The van der Waals surface area contributed by atoms with Crippen LogP contribution in [0, 0.1) is 6.92 Å². The van der Waals surface area contributed by atoms with E-state index in [-0.39, 0.29) is 11.2 Å². The molecule has 1 amide bonds. The largest absolute Gasteiger partial charge is 0.383 e. The number of hydrogen-bond acceptors (Lipinski definition) is 4. The molecule has 1 aromatic heterocycles. The Labute approximate surface area is 168 Å². The van der Waals surface area contributed by atoms with Crippen LogP contribution in [0.3, 0.4) is 0 Å². The summed E-state index contributed by atoms with van der Waals surface area (Å²) in [5.74, 6) is -0.0611. The fourth-order valence-electron chi connectivity index (χ4n) is 2.75. The molecule has 0 fully saturated rings. The first-order valence-corrected chi connectivity index (χ1v) is 9.92. The minimum Gasteiger partial charge on any atom is -0.383 e. The highest BCUT2D eigenvalue weighted by Crippen LogP contribution is 2.29. The number of aromatic nitrogens is 2. The number of hydrogen-bond donors (Lipinski definition) is 1. The topological polar surface area (TPSA) is 56.1 Å². The van der Waals surface area contributed by atoms with E-state index in [1.807, 2.05) is 56.3 Å². The standard InChI is InChI=1S/C20H22ClN3O2S/c1-13-5-4-6-16(11-13)22-19(25)14(2)27-20-23-17-12-15(21)7-8-18(17)24(20)9-10-26-3/h4-8,11-12,14H,9-10H2,1-3H3,(H,22,25). The van der Waals surface area contributed by atoms with Crippen molar-refractivity contribution >= 4 is 46.0 Å². The maximum Gasteiger partial charge on any atom is 0.237 e. The minimum absolute atomic E-state index is 0.0611. The first-order chi connectivity index (χ1) is 13.0. The number of imidazole rings is 1. The normalized spacial score (nSPS) is 12.3. The number of rotatable bonds is 7. The van der Waals surface area contributed by atoms with Crippen molar-refractivity contribution in [3.05, 3.63) is 53.1 Å². The van der Waals surface area contributed by atoms with Gasteiger partial charge in [0.1, 0.15) is 0 Å². The zero-order valence-corrected chi connectivity index (χ0v) is 17.1. The lowest BCUT2D eigenvalue weighted by molar-refractivity contribution is -0.115. The van der Waals surface area contributed by atoms with Crippen molar-refractivity contribution in [3.8, 4) is 0 Å². The molecule has 7 heteroatoms. The third-order valence-electron chi connectivity index (χ3n) is 4.13. The molecule has 27 heavy (non-hydrogen) atoms. The number of amides is 1. The van der Waals surface area contributed by atoms with Crippen molar-refractivity contribution in [2.45, 2.75) is 30.8 Å². The van der Waals surface area contributed by atoms with Gasteiger partial charge in [-0.15, -0.1) is 0 Å². The number of thioether (sulfide) groups is 1. The molecule has 0 spiro atoms. The van der Waals surface area contributed by atoms with Crippen LogP contribution in [0.4, 0.5) is 5.69 Å². The Bertz CT molecular complexity index is 958. The third-order valence-corrected chi connectivity index (χ3v) is 5.46. The molecule has 142 valence electrons. The summed E-state index contributed by atoms with van der Waals surface area (Å²) in [6.45, 7) is 5.09. The van der Waals surface area contributed by atoms with E-state index in [9.17, 15) is 4.79 Å². The van der Waals surface area contributed by atoms with Crippen LogP contribution in [-0.4, -0.2) is 34.4 Å². The average Bonchev–Trinajstić information content (AvgIpc) is 2.95. The van der Waals surface area contributed by atoms with Crippen molar-refractivity contribution in [2.24, 2.45) is 0 Å². The van der Waals surface area contributed by atoms with Gasteiger partial charge < -0.3 is 14.6 Å². The molecule has 3 aromatic rings. The molecule has 2 aromatic carbocycles. The molecule has 0 saturated heterocycles. The number of benzene rings is 2. The Hall–Kier alpha value is -2.02. The molecule has 1 heterocycles.